The number of hydrazone groups is 1. The first-order valence-corrected chi connectivity index (χ1v) is 10.4. The van der Waals surface area contributed by atoms with E-state index in [4.69, 9.17) is 16.7 Å². The van der Waals surface area contributed by atoms with Gasteiger partial charge in [-0.2, -0.15) is 5.10 Å². The highest BCUT2D eigenvalue weighted by atomic mass is 127. The standard InChI is InChI=1S/C22H20ClIN2/c1-2-17-9-11-18(12-10-17)16-25-26(22-8-4-6-20(23)14-22)21-7-3-5-19(13-21)15-24/h3-14,16H,2,15H2,1H3. The maximum absolute atomic E-state index is 6.21. The van der Waals surface area contributed by atoms with Gasteiger partial charge in [0.25, 0.3) is 0 Å². The Kier molecular flexibility index (Phi) is 6.69. The van der Waals surface area contributed by atoms with Crippen molar-refractivity contribution in [2.75, 3.05) is 5.01 Å². The highest BCUT2D eigenvalue weighted by Gasteiger charge is 2.09. The molecule has 0 heterocycles. The van der Waals surface area contributed by atoms with E-state index in [0.717, 1.165) is 27.8 Å². The molecule has 132 valence electrons. The predicted octanol–water partition coefficient (Wildman–Crippen LogP) is 7.01. The predicted molar refractivity (Wildman–Crippen MR) is 121 cm³/mol. The Morgan fingerprint density at radius 3 is 2.27 bits per heavy atom. The molecule has 0 saturated carbocycles. The fourth-order valence-electron chi connectivity index (χ4n) is 2.63. The highest BCUT2D eigenvalue weighted by molar-refractivity contribution is 14.1. The Balaban J connectivity index is 1.97. The summed E-state index contributed by atoms with van der Waals surface area (Å²) in [6.07, 6.45) is 2.92. The maximum atomic E-state index is 6.21. The molecule has 0 aliphatic carbocycles. The number of hydrogen-bond acceptors (Lipinski definition) is 2. The van der Waals surface area contributed by atoms with E-state index in [1.807, 2.05) is 35.5 Å². The van der Waals surface area contributed by atoms with Crippen LogP contribution < -0.4 is 5.01 Å². The van der Waals surface area contributed by atoms with Crippen molar-refractivity contribution in [3.8, 4) is 0 Å². The molecular weight excluding hydrogens is 455 g/mol. The molecule has 0 fully saturated rings. The monoisotopic (exact) mass is 474 g/mol. The van der Waals surface area contributed by atoms with Gasteiger partial charge in [0, 0.05) is 9.45 Å². The minimum Gasteiger partial charge on any atom is -0.234 e. The summed E-state index contributed by atoms with van der Waals surface area (Å²) in [7, 11) is 0. The molecule has 26 heavy (non-hydrogen) atoms. The van der Waals surface area contributed by atoms with Gasteiger partial charge in [0.05, 0.1) is 17.6 Å². The van der Waals surface area contributed by atoms with Crippen molar-refractivity contribution < 1.29 is 0 Å². The quantitative estimate of drug-likeness (QED) is 0.162. The Labute approximate surface area is 173 Å². The normalized spacial score (nSPS) is 11.0. The summed E-state index contributed by atoms with van der Waals surface area (Å²) in [6, 6.07) is 24.6. The average Bonchev–Trinajstić information content (AvgIpc) is 2.69. The van der Waals surface area contributed by atoms with Crippen molar-refractivity contribution >= 4 is 51.8 Å². The third-order valence-corrected chi connectivity index (χ3v) is 5.19. The molecule has 0 atom stereocenters. The van der Waals surface area contributed by atoms with Crippen molar-refractivity contribution in [3.05, 3.63) is 94.5 Å². The second-order valence-electron chi connectivity index (χ2n) is 5.93. The zero-order valence-corrected chi connectivity index (χ0v) is 17.5. The molecule has 3 rings (SSSR count). The van der Waals surface area contributed by atoms with Crippen LogP contribution in [0.5, 0.6) is 0 Å². The number of hydrogen-bond donors (Lipinski definition) is 0. The molecule has 2 nitrogen and oxygen atoms in total. The molecule has 0 aliphatic rings. The largest absolute Gasteiger partial charge is 0.234 e. The Morgan fingerprint density at radius 1 is 0.923 bits per heavy atom. The molecule has 3 aromatic rings. The zero-order chi connectivity index (χ0) is 18.4. The third-order valence-electron chi connectivity index (χ3n) is 4.07. The second-order valence-corrected chi connectivity index (χ2v) is 7.13. The van der Waals surface area contributed by atoms with E-state index in [1.54, 1.807) is 0 Å². The molecule has 0 bridgehead atoms. The molecule has 0 radical (unpaired) electrons. The van der Waals surface area contributed by atoms with Gasteiger partial charge in [0.1, 0.15) is 0 Å². The fraction of sp³-hybridized carbons (Fsp3) is 0.136. The van der Waals surface area contributed by atoms with E-state index >= 15 is 0 Å². The molecule has 4 heteroatoms. The summed E-state index contributed by atoms with van der Waals surface area (Å²) < 4.78 is 0.956. The van der Waals surface area contributed by atoms with Crippen LogP contribution in [0.1, 0.15) is 23.6 Å². The molecule has 0 aliphatic heterocycles. The van der Waals surface area contributed by atoms with Crippen LogP contribution in [0, 0.1) is 0 Å². The lowest BCUT2D eigenvalue weighted by Crippen LogP contribution is -2.09. The van der Waals surface area contributed by atoms with Crippen LogP contribution in [-0.4, -0.2) is 6.21 Å². The first-order valence-electron chi connectivity index (χ1n) is 8.53. The van der Waals surface area contributed by atoms with Crippen LogP contribution in [0.3, 0.4) is 0 Å². The summed E-state index contributed by atoms with van der Waals surface area (Å²) in [5, 5.41) is 7.37. The van der Waals surface area contributed by atoms with Crippen LogP contribution in [0.2, 0.25) is 5.02 Å². The average molecular weight is 475 g/mol. The number of benzene rings is 3. The van der Waals surface area contributed by atoms with Crippen molar-refractivity contribution in [2.45, 2.75) is 17.8 Å². The van der Waals surface area contributed by atoms with Crippen LogP contribution >= 0.6 is 34.2 Å². The SMILES string of the molecule is CCc1ccc(C=NN(c2cccc(Cl)c2)c2cccc(CI)c2)cc1. The first kappa shape index (κ1) is 18.9. The summed E-state index contributed by atoms with van der Waals surface area (Å²) >= 11 is 8.58. The fourth-order valence-corrected chi connectivity index (χ4v) is 3.28. The van der Waals surface area contributed by atoms with Crippen molar-refractivity contribution in [3.63, 3.8) is 0 Å². The number of aryl methyl sites for hydroxylation is 1. The zero-order valence-electron chi connectivity index (χ0n) is 14.6. The summed E-state index contributed by atoms with van der Waals surface area (Å²) in [4.78, 5) is 0. The number of halogens is 2. The number of alkyl halides is 1. The van der Waals surface area contributed by atoms with Gasteiger partial charge in [-0.05, 0) is 53.4 Å². The van der Waals surface area contributed by atoms with Crippen molar-refractivity contribution in [1.82, 2.24) is 0 Å². The van der Waals surface area contributed by atoms with Gasteiger partial charge >= 0.3 is 0 Å². The van der Waals surface area contributed by atoms with Crippen molar-refractivity contribution in [2.24, 2.45) is 5.10 Å². The number of anilines is 2. The molecule has 0 spiro atoms. The van der Waals surface area contributed by atoms with Crippen LogP contribution in [0.4, 0.5) is 11.4 Å². The van der Waals surface area contributed by atoms with Gasteiger partial charge < -0.3 is 0 Å². The summed E-state index contributed by atoms with van der Waals surface area (Å²) in [5.74, 6) is 0. The lowest BCUT2D eigenvalue weighted by Gasteiger charge is -2.20. The van der Waals surface area contributed by atoms with E-state index < -0.39 is 0 Å². The lowest BCUT2D eigenvalue weighted by molar-refractivity contribution is 1.09. The number of nitrogens with zero attached hydrogens (tertiary/aromatic N) is 2. The molecule has 0 unspecified atom stereocenters. The molecule has 0 amide bonds. The first-order chi connectivity index (χ1) is 12.7. The van der Waals surface area contributed by atoms with Crippen molar-refractivity contribution in [1.29, 1.82) is 0 Å². The van der Waals surface area contributed by atoms with E-state index in [0.29, 0.717) is 5.02 Å². The Bertz CT molecular complexity index is 891. The minimum absolute atomic E-state index is 0.694. The molecule has 0 aromatic heterocycles. The smallest absolute Gasteiger partial charge is 0.0667 e. The van der Waals surface area contributed by atoms with Gasteiger partial charge in [-0.1, -0.05) is 83.6 Å². The van der Waals surface area contributed by atoms with Crippen LogP contribution in [0.25, 0.3) is 0 Å². The Morgan fingerprint density at radius 2 is 1.62 bits per heavy atom. The summed E-state index contributed by atoms with van der Waals surface area (Å²) in [5.41, 5.74) is 5.60. The highest BCUT2D eigenvalue weighted by Crippen LogP contribution is 2.29. The van der Waals surface area contributed by atoms with Gasteiger partial charge in [0.2, 0.25) is 0 Å². The third kappa shape index (κ3) is 4.86. The van der Waals surface area contributed by atoms with E-state index in [1.165, 1.54) is 11.1 Å². The maximum Gasteiger partial charge on any atom is 0.0667 e. The van der Waals surface area contributed by atoms with Gasteiger partial charge in [-0.3, -0.25) is 0 Å². The summed E-state index contributed by atoms with van der Waals surface area (Å²) in [6.45, 7) is 2.16. The number of rotatable bonds is 6. The Hall–Kier alpha value is -1.85. The van der Waals surface area contributed by atoms with E-state index in [-0.39, 0.29) is 0 Å². The van der Waals surface area contributed by atoms with E-state index in [2.05, 4.69) is 78.0 Å². The van der Waals surface area contributed by atoms with Crippen LogP contribution in [0.15, 0.2) is 77.9 Å². The molecule has 3 aromatic carbocycles. The minimum atomic E-state index is 0.694. The van der Waals surface area contributed by atoms with E-state index in [9.17, 15) is 0 Å². The van der Waals surface area contributed by atoms with Gasteiger partial charge in [-0.15, -0.1) is 0 Å². The van der Waals surface area contributed by atoms with Crippen LogP contribution in [-0.2, 0) is 10.8 Å². The topological polar surface area (TPSA) is 15.6 Å². The molecule has 0 N–H and O–H groups in total. The lowest BCUT2D eigenvalue weighted by atomic mass is 10.1. The molecular formula is C22H20ClIN2. The molecule has 0 saturated heterocycles. The second kappa shape index (κ2) is 9.19. The van der Waals surface area contributed by atoms with Gasteiger partial charge in [0.15, 0.2) is 0 Å². The van der Waals surface area contributed by atoms with Gasteiger partial charge in [-0.25, -0.2) is 5.01 Å².